The van der Waals surface area contributed by atoms with Crippen LogP contribution >= 0.6 is 0 Å². The molecule has 0 unspecified atom stereocenters. The van der Waals surface area contributed by atoms with Gasteiger partial charge in [0, 0.05) is 38.7 Å². The van der Waals surface area contributed by atoms with E-state index in [2.05, 4.69) is 20.5 Å². The predicted octanol–water partition coefficient (Wildman–Crippen LogP) is 4.20. The molecule has 0 atom stereocenters. The number of alkyl halides is 2. The average Bonchev–Trinajstić information content (AvgIpc) is 3.53. The van der Waals surface area contributed by atoms with Gasteiger partial charge >= 0.3 is 6.61 Å². The molecule has 13 heteroatoms. The van der Waals surface area contributed by atoms with Gasteiger partial charge in [-0.1, -0.05) is 12.1 Å². The number of carbonyl (C=O) groups excluding carboxylic acids is 1. The molecule has 0 saturated carbocycles. The summed E-state index contributed by atoms with van der Waals surface area (Å²) >= 11 is 0. The fourth-order valence-electron chi connectivity index (χ4n) is 4.32. The van der Waals surface area contributed by atoms with Crippen molar-refractivity contribution in [3.8, 4) is 28.5 Å². The van der Waals surface area contributed by atoms with E-state index in [1.54, 1.807) is 37.8 Å². The van der Waals surface area contributed by atoms with E-state index in [-0.39, 0.29) is 34.9 Å². The van der Waals surface area contributed by atoms with Gasteiger partial charge in [-0.2, -0.15) is 19.0 Å². The summed E-state index contributed by atoms with van der Waals surface area (Å²) < 4.78 is 40.4. The summed E-state index contributed by atoms with van der Waals surface area (Å²) in [5.41, 5.74) is 2.20. The van der Waals surface area contributed by atoms with Crippen molar-refractivity contribution in [2.75, 3.05) is 25.5 Å². The van der Waals surface area contributed by atoms with E-state index in [9.17, 15) is 13.6 Å². The minimum Gasteiger partial charge on any atom is -0.457 e. The first-order valence-corrected chi connectivity index (χ1v) is 12.6. The highest BCUT2D eigenvalue weighted by atomic mass is 19.3. The normalized spacial score (nSPS) is 11.4. The predicted molar refractivity (Wildman–Crippen MR) is 146 cm³/mol. The van der Waals surface area contributed by atoms with Crippen LogP contribution in [-0.4, -0.2) is 67.1 Å². The Morgan fingerprint density at radius 1 is 1.17 bits per heavy atom. The first-order chi connectivity index (χ1) is 19.8. The van der Waals surface area contributed by atoms with Crippen molar-refractivity contribution < 1.29 is 28.2 Å². The summed E-state index contributed by atoms with van der Waals surface area (Å²) in [6, 6.07) is 13.5. The topological polar surface area (TPSA) is 119 Å². The highest BCUT2D eigenvalue weighted by molar-refractivity contribution is 6.09. The number of rotatable bonds is 11. The van der Waals surface area contributed by atoms with Crippen LogP contribution in [0.15, 0.2) is 73.3 Å². The molecule has 0 aliphatic heterocycles. The fraction of sp³-hybridized carbons (Fsp3) is 0.214. The highest BCUT2D eigenvalue weighted by Gasteiger charge is 2.22. The van der Waals surface area contributed by atoms with Crippen LogP contribution in [0, 0.1) is 0 Å². The summed E-state index contributed by atoms with van der Waals surface area (Å²) in [7, 11) is 3.54. The van der Waals surface area contributed by atoms with E-state index in [0.29, 0.717) is 30.2 Å². The number of anilines is 1. The van der Waals surface area contributed by atoms with Gasteiger partial charge in [0.05, 0.1) is 24.1 Å². The van der Waals surface area contributed by atoms with Crippen molar-refractivity contribution in [2.45, 2.75) is 13.2 Å². The lowest BCUT2D eigenvalue weighted by Crippen LogP contribution is -2.21. The molecule has 212 valence electrons. The smallest absolute Gasteiger partial charge is 0.387 e. The number of aliphatic hydroxyl groups excluding tert-OH is 1. The second kappa shape index (κ2) is 12.1. The number of hydrogen-bond acceptors (Lipinski definition) is 8. The van der Waals surface area contributed by atoms with E-state index in [1.807, 2.05) is 30.1 Å². The van der Waals surface area contributed by atoms with Crippen molar-refractivity contribution in [1.82, 2.24) is 29.3 Å². The van der Waals surface area contributed by atoms with Gasteiger partial charge in [0.2, 0.25) is 0 Å². The molecule has 2 N–H and O–H groups in total. The number of aliphatic hydroxyl groups is 1. The van der Waals surface area contributed by atoms with Gasteiger partial charge < -0.3 is 19.9 Å². The Kier molecular flexibility index (Phi) is 8.17. The lowest BCUT2D eigenvalue weighted by molar-refractivity contribution is -0.0494. The molecule has 0 saturated heterocycles. The molecule has 5 rings (SSSR count). The fourth-order valence-corrected chi connectivity index (χ4v) is 4.32. The molecule has 3 heterocycles. The third-order valence-corrected chi connectivity index (χ3v) is 6.09. The molecule has 0 fully saturated rings. The summed E-state index contributed by atoms with van der Waals surface area (Å²) in [4.78, 5) is 19.3. The zero-order valence-corrected chi connectivity index (χ0v) is 22.2. The van der Waals surface area contributed by atoms with Gasteiger partial charge in [0.15, 0.2) is 5.65 Å². The number of ether oxygens (including phenoxy) is 2. The number of hydrogen-bond donors (Lipinski definition) is 2. The molecule has 5 aromatic rings. The van der Waals surface area contributed by atoms with Crippen LogP contribution in [0.25, 0.3) is 16.9 Å². The molecule has 0 aliphatic carbocycles. The number of likely N-dealkylation sites (N-methyl/N-ethyl adjacent to an activating group) is 1. The molecule has 0 aliphatic rings. The molecule has 41 heavy (non-hydrogen) atoms. The second-order valence-electron chi connectivity index (χ2n) is 9.21. The first kappa shape index (κ1) is 27.7. The SMILES string of the molecule is CN(CCO)Cc1cccc(Oc2ccc(OC(F)F)c(-c3nn(C)cc3NC(=O)c3cnn4cccnc34)c2)c1. The summed E-state index contributed by atoms with van der Waals surface area (Å²) in [6.45, 7) is -1.91. The number of nitrogens with one attached hydrogen (secondary N) is 1. The third-order valence-electron chi connectivity index (χ3n) is 6.09. The molecule has 0 radical (unpaired) electrons. The Hall–Kier alpha value is -4.88. The number of amides is 1. The number of aromatic nitrogens is 5. The van der Waals surface area contributed by atoms with Crippen LogP contribution < -0.4 is 14.8 Å². The number of benzene rings is 2. The van der Waals surface area contributed by atoms with Gasteiger partial charge in [0.1, 0.15) is 28.5 Å². The largest absolute Gasteiger partial charge is 0.457 e. The summed E-state index contributed by atoms with van der Waals surface area (Å²) in [6.07, 6.45) is 6.16. The highest BCUT2D eigenvalue weighted by Crippen LogP contribution is 2.39. The van der Waals surface area contributed by atoms with Gasteiger partial charge in [-0.15, -0.1) is 0 Å². The maximum Gasteiger partial charge on any atom is 0.387 e. The zero-order valence-electron chi connectivity index (χ0n) is 22.2. The van der Waals surface area contributed by atoms with Crippen LogP contribution in [0.4, 0.5) is 14.5 Å². The Balaban J connectivity index is 1.46. The van der Waals surface area contributed by atoms with Crippen molar-refractivity contribution in [1.29, 1.82) is 0 Å². The molecule has 2 aromatic carbocycles. The maximum absolute atomic E-state index is 13.3. The molecule has 3 aromatic heterocycles. The van der Waals surface area contributed by atoms with E-state index >= 15 is 0 Å². The second-order valence-corrected chi connectivity index (χ2v) is 9.21. The Labute approximate surface area is 233 Å². The van der Waals surface area contributed by atoms with Gasteiger partial charge in [-0.25, -0.2) is 9.50 Å². The lowest BCUT2D eigenvalue weighted by atomic mass is 10.1. The number of aryl methyl sites for hydroxylation is 1. The Bertz CT molecular complexity index is 1670. The van der Waals surface area contributed by atoms with Crippen LogP contribution in [0.1, 0.15) is 15.9 Å². The third kappa shape index (κ3) is 6.48. The molecule has 0 bridgehead atoms. The molecular weight excluding hydrogens is 536 g/mol. The van der Waals surface area contributed by atoms with Crippen LogP contribution in [0.5, 0.6) is 17.2 Å². The first-order valence-electron chi connectivity index (χ1n) is 12.6. The van der Waals surface area contributed by atoms with Crippen LogP contribution in [0.3, 0.4) is 0 Å². The van der Waals surface area contributed by atoms with Gasteiger partial charge in [-0.05, 0) is 49.0 Å². The summed E-state index contributed by atoms with van der Waals surface area (Å²) in [5.74, 6) is 0.235. The molecule has 11 nitrogen and oxygen atoms in total. The van der Waals surface area contributed by atoms with Crippen molar-refractivity contribution in [3.05, 3.63) is 84.4 Å². The molecule has 0 spiro atoms. The van der Waals surface area contributed by atoms with Crippen LogP contribution in [-0.2, 0) is 13.6 Å². The Morgan fingerprint density at radius 2 is 2.00 bits per heavy atom. The summed E-state index contributed by atoms with van der Waals surface area (Å²) in [5, 5.41) is 20.5. The minimum atomic E-state index is -3.08. The lowest BCUT2D eigenvalue weighted by Gasteiger charge is -2.16. The van der Waals surface area contributed by atoms with Crippen molar-refractivity contribution in [3.63, 3.8) is 0 Å². The number of halogens is 2. The van der Waals surface area contributed by atoms with Crippen LogP contribution in [0.2, 0.25) is 0 Å². The van der Waals surface area contributed by atoms with E-state index in [4.69, 9.17) is 14.6 Å². The average molecular weight is 564 g/mol. The quantitative estimate of drug-likeness (QED) is 0.246. The maximum atomic E-state index is 13.3. The van der Waals surface area contributed by atoms with Gasteiger partial charge in [-0.3, -0.25) is 14.4 Å². The monoisotopic (exact) mass is 563 g/mol. The van der Waals surface area contributed by atoms with Crippen molar-refractivity contribution >= 4 is 17.2 Å². The molecular formula is C28H27F2N7O4. The van der Waals surface area contributed by atoms with E-state index in [0.717, 1.165) is 5.56 Å². The number of nitrogens with zero attached hydrogens (tertiary/aromatic N) is 6. The van der Waals surface area contributed by atoms with Gasteiger partial charge in [0.25, 0.3) is 5.91 Å². The number of fused-ring (bicyclic) bond motifs is 1. The Morgan fingerprint density at radius 3 is 2.80 bits per heavy atom. The minimum absolute atomic E-state index is 0.0501. The van der Waals surface area contributed by atoms with E-state index in [1.165, 1.54) is 33.6 Å². The zero-order chi connectivity index (χ0) is 28.9. The standard InChI is InChI=1S/C28H27F2N7O4/c1-35(11-12-38)16-18-5-3-6-19(13-18)40-20-7-8-24(41-28(29)30)21(14-20)25-23(17-36(2)34-25)33-27(39)22-15-32-37-10-4-9-31-26(22)37/h3-10,13-15,17,28,38H,11-12,16H2,1-2H3,(H,33,39). The molecule has 1 amide bonds. The van der Waals surface area contributed by atoms with Crippen molar-refractivity contribution in [2.24, 2.45) is 7.05 Å². The van der Waals surface area contributed by atoms with E-state index < -0.39 is 12.5 Å². The number of carbonyl (C=O) groups is 1.